The van der Waals surface area contributed by atoms with E-state index in [1.807, 2.05) is 88.3 Å². The van der Waals surface area contributed by atoms with E-state index in [4.69, 9.17) is 0 Å². The Morgan fingerprint density at radius 1 is 0.886 bits per heavy atom. The third-order valence-corrected chi connectivity index (χ3v) is 5.49. The Morgan fingerprint density at radius 3 is 2.14 bits per heavy atom. The number of benzene rings is 3. The van der Waals surface area contributed by atoms with Crippen LogP contribution in [-0.2, 0) is 17.9 Å². The van der Waals surface area contributed by atoms with Crippen LogP contribution in [-0.4, -0.2) is 30.8 Å². The van der Waals surface area contributed by atoms with Gasteiger partial charge in [-0.3, -0.25) is 9.59 Å². The molecule has 0 aliphatic heterocycles. The third kappa shape index (κ3) is 7.67. The minimum Gasteiger partial charge on any atom is -0.377 e. The van der Waals surface area contributed by atoms with E-state index in [1.54, 1.807) is 4.90 Å². The van der Waals surface area contributed by atoms with Crippen molar-refractivity contribution in [3.8, 4) is 0 Å². The lowest BCUT2D eigenvalue weighted by atomic mass is 9.92. The van der Waals surface area contributed by atoms with E-state index in [2.05, 4.69) is 5.32 Å². The molecule has 3 rings (SSSR count). The van der Waals surface area contributed by atoms with E-state index in [0.29, 0.717) is 30.8 Å². The smallest absolute Gasteiger partial charge is 0.254 e. The standard InChI is InChI=1S/C29H34FN3O2/c1-29(2,3)18-27(34)31-25-15-16-26(32(4)5)23(17-25)20-33(19-21-9-7-6-8-10-21)28(35)22-11-13-24(30)14-12-22/h6-17H,18-20H2,1-5H3,(H,31,34). The first-order chi connectivity index (χ1) is 16.5. The number of nitrogens with zero attached hydrogens (tertiary/aromatic N) is 2. The van der Waals surface area contributed by atoms with Gasteiger partial charge in [-0.25, -0.2) is 4.39 Å². The summed E-state index contributed by atoms with van der Waals surface area (Å²) in [6.07, 6.45) is 0.404. The fourth-order valence-electron chi connectivity index (χ4n) is 3.90. The van der Waals surface area contributed by atoms with E-state index >= 15 is 0 Å². The van der Waals surface area contributed by atoms with Crippen LogP contribution < -0.4 is 10.2 Å². The predicted molar refractivity (Wildman–Crippen MR) is 140 cm³/mol. The summed E-state index contributed by atoms with van der Waals surface area (Å²) in [4.78, 5) is 29.7. The third-order valence-electron chi connectivity index (χ3n) is 5.49. The average molecular weight is 476 g/mol. The molecule has 1 N–H and O–H groups in total. The van der Waals surface area contributed by atoms with E-state index in [0.717, 1.165) is 16.8 Å². The van der Waals surface area contributed by atoms with Crippen molar-refractivity contribution in [2.45, 2.75) is 40.3 Å². The van der Waals surface area contributed by atoms with Crippen molar-refractivity contribution in [3.05, 3.63) is 95.3 Å². The quantitative estimate of drug-likeness (QED) is 0.428. The maximum atomic E-state index is 13.5. The van der Waals surface area contributed by atoms with Gasteiger partial charge in [-0.2, -0.15) is 0 Å². The molecule has 0 aromatic heterocycles. The molecular weight excluding hydrogens is 441 g/mol. The van der Waals surface area contributed by atoms with Crippen molar-refractivity contribution < 1.29 is 14.0 Å². The number of carbonyl (C=O) groups is 2. The molecule has 0 fully saturated rings. The number of hydrogen-bond donors (Lipinski definition) is 1. The Kier molecular flexibility index (Phi) is 8.28. The van der Waals surface area contributed by atoms with Gasteiger partial charge in [-0.15, -0.1) is 0 Å². The second-order valence-corrected chi connectivity index (χ2v) is 10.2. The van der Waals surface area contributed by atoms with Gasteiger partial charge < -0.3 is 15.1 Å². The highest BCUT2D eigenvalue weighted by Gasteiger charge is 2.20. The fourth-order valence-corrected chi connectivity index (χ4v) is 3.90. The molecule has 0 heterocycles. The molecule has 0 unspecified atom stereocenters. The first-order valence-electron chi connectivity index (χ1n) is 11.7. The summed E-state index contributed by atoms with van der Waals surface area (Å²) in [5.41, 5.74) is 3.82. The second-order valence-electron chi connectivity index (χ2n) is 10.2. The summed E-state index contributed by atoms with van der Waals surface area (Å²) in [5, 5.41) is 2.99. The lowest BCUT2D eigenvalue weighted by Gasteiger charge is -2.27. The molecule has 184 valence electrons. The summed E-state index contributed by atoms with van der Waals surface area (Å²) in [7, 11) is 3.89. The number of hydrogen-bond acceptors (Lipinski definition) is 3. The molecule has 5 nitrogen and oxygen atoms in total. The van der Waals surface area contributed by atoms with Gasteiger partial charge in [0.05, 0.1) is 0 Å². The average Bonchev–Trinajstić information content (AvgIpc) is 2.78. The van der Waals surface area contributed by atoms with Crippen LogP contribution >= 0.6 is 0 Å². The minimum atomic E-state index is -0.384. The maximum Gasteiger partial charge on any atom is 0.254 e. The van der Waals surface area contributed by atoms with Crippen molar-refractivity contribution in [1.82, 2.24) is 4.90 Å². The number of rotatable bonds is 8. The van der Waals surface area contributed by atoms with Crippen LogP contribution in [0.2, 0.25) is 0 Å². The van der Waals surface area contributed by atoms with Crippen LogP contribution in [0.1, 0.15) is 48.7 Å². The molecule has 3 aromatic rings. The van der Waals surface area contributed by atoms with Crippen LogP contribution in [0.15, 0.2) is 72.8 Å². The van der Waals surface area contributed by atoms with Crippen LogP contribution in [0, 0.1) is 11.2 Å². The first kappa shape index (κ1) is 25.9. The Bertz CT molecular complexity index is 1150. The van der Waals surface area contributed by atoms with Gasteiger partial charge in [0.1, 0.15) is 5.82 Å². The van der Waals surface area contributed by atoms with Gasteiger partial charge in [0.15, 0.2) is 0 Å². The van der Waals surface area contributed by atoms with E-state index in [1.165, 1.54) is 24.3 Å². The highest BCUT2D eigenvalue weighted by molar-refractivity contribution is 5.94. The minimum absolute atomic E-state index is 0.0513. The number of halogens is 1. The summed E-state index contributed by atoms with van der Waals surface area (Å²) >= 11 is 0. The van der Waals surface area contributed by atoms with E-state index in [-0.39, 0.29) is 23.0 Å². The van der Waals surface area contributed by atoms with Gasteiger partial charge in [0, 0.05) is 50.5 Å². The van der Waals surface area contributed by atoms with Crippen molar-refractivity contribution in [1.29, 1.82) is 0 Å². The number of carbonyl (C=O) groups excluding carboxylic acids is 2. The van der Waals surface area contributed by atoms with E-state index in [9.17, 15) is 14.0 Å². The molecular formula is C29H34FN3O2. The highest BCUT2D eigenvalue weighted by Crippen LogP contribution is 2.27. The second kappa shape index (κ2) is 11.2. The SMILES string of the molecule is CN(C)c1ccc(NC(=O)CC(C)(C)C)cc1CN(Cc1ccccc1)C(=O)c1ccc(F)cc1. The van der Waals surface area contributed by atoms with Crippen molar-refractivity contribution in [2.75, 3.05) is 24.3 Å². The molecule has 0 bridgehead atoms. The summed E-state index contributed by atoms with van der Waals surface area (Å²) < 4.78 is 13.5. The molecule has 0 atom stereocenters. The monoisotopic (exact) mass is 475 g/mol. The predicted octanol–water partition coefficient (Wildman–Crippen LogP) is 6.11. The highest BCUT2D eigenvalue weighted by atomic mass is 19.1. The molecule has 6 heteroatoms. The molecule has 3 aromatic carbocycles. The molecule has 35 heavy (non-hydrogen) atoms. The summed E-state index contributed by atoms with van der Waals surface area (Å²) in [6, 6.07) is 21.1. The molecule has 0 spiro atoms. The molecule has 0 saturated heterocycles. The molecule has 0 radical (unpaired) electrons. The van der Waals surface area contributed by atoms with Crippen molar-refractivity contribution >= 4 is 23.2 Å². The normalized spacial score (nSPS) is 11.1. The van der Waals surface area contributed by atoms with Gasteiger partial charge in [-0.1, -0.05) is 51.1 Å². The Morgan fingerprint density at radius 2 is 1.54 bits per heavy atom. The zero-order valence-electron chi connectivity index (χ0n) is 21.1. The zero-order chi connectivity index (χ0) is 25.6. The van der Waals surface area contributed by atoms with E-state index < -0.39 is 0 Å². The van der Waals surface area contributed by atoms with Gasteiger partial charge >= 0.3 is 0 Å². The van der Waals surface area contributed by atoms with Crippen LogP contribution in [0.4, 0.5) is 15.8 Å². The first-order valence-corrected chi connectivity index (χ1v) is 11.7. The maximum absolute atomic E-state index is 13.5. The molecule has 0 aliphatic rings. The Balaban J connectivity index is 1.94. The fraction of sp³-hybridized carbons (Fsp3) is 0.310. The largest absolute Gasteiger partial charge is 0.377 e. The lowest BCUT2D eigenvalue weighted by Crippen LogP contribution is -2.31. The van der Waals surface area contributed by atoms with Crippen LogP contribution in [0.25, 0.3) is 0 Å². The summed E-state index contributed by atoms with van der Waals surface area (Å²) in [5.74, 6) is -0.630. The topological polar surface area (TPSA) is 52.7 Å². The number of anilines is 2. The molecule has 0 aliphatic carbocycles. The van der Waals surface area contributed by atoms with Crippen molar-refractivity contribution in [3.63, 3.8) is 0 Å². The zero-order valence-corrected chi connectivity index (χ0v) is 21.1. The molecule has 2 amide bonds. The van der Waals surface area contributed by atoms with Gasteiger partial charge in [0.2, 0.25) is 5.91 Å². The summed E-state index contributed by atoms with van der Waals surface area (Å²) in [6.45, 7) is 6.78. The number of nitrogens with one attached hydrogen (secondary N) is 1. The van der Waals surface area contributed by atoms with Crippen LogP contribution in [0.5, 0.6) is 0 Å². The Labute approximate surface area is 207 Å². The molecule has 0 saturated carbocycles. The Hall–Kier alpha value is -3.67. The number of amides is 2. The van der Waals surface area contributed by atoms with Crippen LogP contribution in [0.3, 0.4) is 0 Å². The van der Waals surface area contributed by atoms with Crippen molar-refractivity contribution in [2.24, 2.45) is 5.41 Å². The van der Waals surface area contributed by atoms with Gasteiger partial charge in [0.25, 0.3) is 5.91 Å². The van der Waals surface area contributed by atoms with Gasteiger partial charge in [-0.05, 0) is 59.0 Å². The lowest BCUT2D eigenvalue weighted by molar-refractivity contribution is -0.117.